The molecule has 0 heterocycles. The first-order chi connectivity index (χ1) is 19.9. The molecule has 4 aromatic carbocycles. The Morgan fingerprint density at radius 2 is 1.17 bits per heavy atom. The molecular formula is C33H26O8. The van der Waals surface area contributed by atoms with Crippen LogP contribution in [0.1, 0.15) is 44.7 Å². The molecule has 5 rings (SSSR count). The van der Waals surface area contributed by atoms with Gasteiger partial charge in [0.2, 0.25) is 6.79 Å². The van der Waals surface area contributed by atoms with E-state index in [0.717, 1.165) is 28.3 Å². The molecule has 0 saturated heterocycles. The van der Waals surface area contributed by atoms with Crippen molar-refractivity contribution >= 4 is 17.9 Å². The van der Waals surface area contributed by atoms with Crippen LogP contribution in [0, 0.1) is 0 Å². The summed E-state index contributed by atoms with van der Waals surface area (Å²) >= 11 is 0. The van der Waals surface area contributed by atoms with E-state index in [4.69, 9.17) is 23.7 Å². The number of esters is 3. The van der Waals surface area contributed by atoms with Gasteiger partial charge in [-0.1, -0.05) is 25.6 Å². The fourth-order valence-corrected chi connectivity index (χ4v) is 4.54. The van der Waals surface area contributed by atoms with Crippen LogP contribution in [0.5, 0.6) is 23.0 Å². The Bertz CT molecular complexity index is 1620. The van der Waals surface area contributed by atoms with Crippen LogP contribution < -0.4 is 18.9 Å². The Kier molecular flexibility index (Phi) is 7.83. The van der Waals surface area contributed by atoms with Crippen molar-refractivity contribution in [3.05, 3.63) is 120 Å². The maximum absolute atomic E-state index is 12.8. The van der Waals surface area contributed by atoms with Gasteiger partial charge in [-0.25, -0.2) is 14.4 Å². The zero-order valence-corrected chi connectivity index (χ0v) is 22.4. The molecule has 0 bridgehead atoms. The molecule has 8 heteroatoms. The van der Waals surface area contributed by atoms with E-state index in [1.165, 1.54) is 0 Å². The first-order valence-electron chi connectivity index (χ1n) is 12.7. The predicted molar refractivity (Wildman–Crippen MR) is 151 cm³/mol. The van der Waals surface area contributed by atoms with Crippen LogP contribution in [0.2, 0.25) is 0 Å². The SMILES string of the molecule is C=CC(=O)OCOc1ccc(C(=O)Oc2ccc3c(c2)C(C)c2cc(OC(=O)c4ccc(OC)cc4)ccc2-3)cc1. The summed E-state index contributed by atoms with van der Waals surface area (Å²) in [6.07, 6.45) is 1.04. The van der Waals surface area contributed by atoms with Crippen molar-refractivity contribution in [3.8, 4) is 34.1 Å². The third-order valence-electron chi connectivity index (χ3n) is 6.70. The molecule has 0 fully saturated rings. The maximum atomic E-state index is 12.8. The van der Waals surface area contributed by atoms with Gasteiger partial charge in [0.15, 0.2) is 0 Å². The summed E-state index contributed by atoms with van der Waals surface area (Å²) < 4.78 is 26.5. The molecule has 0 saturated carbocycles. The molecule has 0 aliphatic heterocycles. The van der Waals surface area contributed by atoms with Crippen molar-refractivity contribution in [1.29, 1.82) is 0 Å². The number of fused-ring (bicyclic) bond motifs is 3. The highest BCUT2D eigenvalue weighted by atomic mass is 16.7. The van der Waals surface area contributed by atoms with Crippen molar-refractivity contribution in [3.63, 3.8) is 0 Å². The summed E-state index contributed by atoms with van der Waals surface area (Å²) in [7, 11) is 1.56. The van der Waals surface area contributed by atoms with Crippen LogP contribution in [0.4, 0.5) is 0 Å². The largest absolute Gasteiger partial charge is 0.497 e. The van der Waals surface area contributed by atoms with Gasteiger partial charge in [-0.05, 0) is 95.1 Å². The molecule has 0 spiro atoms. The second-order valence-electron chi connectivity index (χ2n) is 9.18. The topological polar surface area (TPSA) is 97.4 Å². The van der Waals surface area contributed by atoms with Gasteiger partial charge in [-0.2, -0.15) is 0 Å². The molecule has 206 valence electrons. The minimum absolute atomic E-state index is 0.00934. The van der Waals surface area contributed by atoms with Crippen LogP contribution >= 0.6 is 0 Å². The number of hydrogen-bond donors (Lipinski definition) is 0. The van der Waals surface area contributed by atoms with E-state index in [2.05, 4.69) is 13.5 Å². The molecule has 0 amide bonds. The van der Waals surface area contributed by atoms with E-state index in [1.54, 1.807) is 67.8 Å². The number of carbonyl (C=O) groups is 3. The summed E-state index contributed by atoms with van der Waals surface area (Å²) in [6.45, 7) is 5.10. The molecule has 1 aliphatic carbocycles. The average molecular weight is 551 g/mol. The molecule has 1 aliphatic rings. The lowest BCUT2D eigenvalue weighted by Gasteiger charge is -2.10. The zero-order valence-electron chi connectivity index (χ0n) is 22.4. The third-order valence-corrected chi connectivity index (χ3v) is 6.70. The quantitative estimate of drug-likeness (QED) is 0.103. The zero-order chi connectivity index (χ0) is 28.9. The van der Waals surface area contributed by atoms with Gasteiger partial charge in [-0.3, -0.25) is 0 Å². The highest BCUT2D eigenvalue weighted by molar-refractivity contribution is 5.92. The molecular weight excluding hydrogens is 524 g/mol. The number of rotatable bonds is 9. The van der Waals surface area contributed by atoms with E-state index < -0.39 is 17.9 Å². The van der Waals surface area contributed by atoms with Gasteiger partial charge >= 0.3 is 17.9 Å². The molecule has 41 heavy (non-hydrogen) atoms. The van der Waals surface area contributed by atoms with Crippen LogP contribution in [0.15, 0.2) is 97.6 Å². The fraction of sp³-hybridized carbons (Fsp3) is 0.121. The highest BCUT2D eigenvalue weighted by Crippen LogP contribution is 2.47. The van der Waals surface area contributed by atoms with E-state index in [9.17, 15) is 14.4 Å². The average Bonchev–Trinajstić information content (AvgIpc) is 3.27. The highest BCUT2D eigenvalue weighted by Gasteiger charge is 2.27. The summed E-state index contributed by atoms with van der Waals surface area (Å²) in [5.41, 5.74) is 4.83. The standard InChI is InChI=1S/C33H26O8/c1-4-31(34)39-19-38-24-11-7-22(8-12-24)33(36)41-26-14-16-28-27-15-13-25(17-29(27)20(2)30(28)18-26)40-32(35)21-5-9-23(37-3)10-6-21/h4-18,20H,1,19H2,2-3H3. The number of benzene rings is 4. The summed E-state index contributed by atoms with van der Waals surface area (Å²) in [5, 5.41) is 0. The Morgan fingerprint density at radius 1 is 0.707 bits per heavy atom. The molecule has 0 radical (unpaired) electrons. The smallest absolute Gasteiger partial charge is 0.343 e. The first kappa shape index (κ1) is 27.2. The Morgan fingerprint density at radius 3 is 1.63 bits per heavy atom. The van der Waals surface area contributed by atoms with Crippen molar-refractivity contribution in [1.82, 2.24) is 0 Å². The van der Waals surface area contributed by atoms with Crippen LogP contribution in [0.25, 0.3) is 11.1 Å². The third kappa shape index (κ3) is 5.96. The minimum atomic E-state index is -0.592. The van der Waals surface area contributed by atoms with E-state index in [1.807, 2.05) is 24.3 Å². The molecule has 1 unspecified atom stereocenters. The van der Waals surface area contributed by atoms with Gasteiger partial charge in [0.25, 0.3) is 0 Å². The van der Waals surface area contributed by atoms with Gasteiger partial charge < -0.3 is 23.7 Å². The molecule has 1 atom stereocenters. The van der Waals surface area contributed by atoms with E-state index >= 15 is 0 Å². The normalized spacial score (nSPS) is 12.9. The first-order valence-corrected chi connectivity index (χ1v) is 12.7. The number of carbonyl (C=O) groups excluding carboxylic acids is 3. The van der Waals surface area contributed by atoms with E-state index in [0.29, 0.717) is 34.1 Å². The number of ether oxygens (including phenoxy) is 5. The monoisotopic (exact) mass is 550 g/mol. The molecule has 8 nitrogen and oxygen atoms in total. The van der Waals surface area contributed by atoms with Crippen molar-refractivity contribution < 1.29 is 38.1 Å². The van der Waals surface area contributed by atoms with Crippen molar-refractivity contribution in [2.75, 3.05) is 13.9 Å². The van der Waals surface area contributed by atoms with Crippen molar-refractivity contribution in [2.45, 2.75) is 12.8 Å². The summed E-state index contributed by atoms with van der Waals surface area (Å²) in [4.78, 5) is 36.5. The maximum Gasteiger partial charge on any atom is 0.343 e. The van der Waals surface area contributed by atoms with Crippen LogP contribution in [0.3, 0.4) is 0 Å². The Balaban J connectivity index is 1.24. The summed E-state index contributed by atoms with van der Waals surface area (Å²) in [5.74, 6) is 0.362. The molecule has 0 N–H and O–H groups in total. The minimum Gasteiger partial charge on any atom is -0.497 e. The second kappa shape index (κ2) is 11.8. The number of methoxy groups -OCH3 is 1. The van der Waals surface area contributed by atoms with Crippen LogP contribution in [-0.2, 0) is 9.53 Å². The molecule has 4 aromatic rings. The Hall–Kier alpha value is -5.37. The lowest BCUT2D eigenvalue weighted by Crippen LogP contribution is -2.10. The molecule has 0 aromatic heterocycles. The lowest BCUT2D eigenvalue weighted by atomic mass is 9.99. The predicted octanol–water partition coefficient (Wildman–Crippen LogP) is 6.33. The van der Waals surface area contributed by atoms with Gasteiger partial charge in [0, 0.05) is 12.0 Å². The second-order valence-corrected chi connectivity index (χ2v) is 9.18. The van der Waals surface area contributed by atoms with Gasteiger partial charge in [0.05, 0.1) is 18.2 Å². The Labute approximate surface area is 236 Å². The summed E-state index contributed by atoms with van der Waals surface area (Å²) in [6, 6.07) is 24.1. The van der Waals surface area contributed by atoms with Crippen molar-refractivity contribution in [2.24, 2.45) is 0 Å². The lowest BCUT2D eigenvalue weighted by molar-refractivity contribution is -0.144. The van der Waals surface area contributed by atoms with E-state index in [-0.39, 0.29) is 12.7 Å². The fourth-order valence-electron chi connectivity index (χ4n) is 4.54. The number of hydrogen-bond acceptors (Lipinski definition) is 8. The van der Waals surface area contributed by atoms with Crippen LogP contribution in [-0.4, -0.2) is 31.8 Å². The van der Waals surface area contributed by atoms with Gasteiger partial charge in [-0.15, -0.1) is 0 Å². The van der Waals surface area contributed by atoms with Gasteiger partial charge in [0.1, 0.15) is 23.0 Å².